The minimum atomic E-state index is -4.37. The predicted octanol–water partition coefficient (Wildman–Crippen LogP) is 5.38. The first kappa shape index (κ1) is 32.5. The maximum absolute atomic E-state index is 14.9. The Morgan fingerprint density at radius 3 is 2.25 bits per heavy atom. The zero-order valence-electron chi connectivity index (χ0n) is 24.5. The van der Waals surface area contributed by atoms with E-state index < -0.39 is 40.2 Å². The van der Waals surface area contributed by atoms with Crippen LogP contribution in [-0.4, -0.2) is 51.9 Å². The molecule has 0 radical (unpaired) electrons. The van der Waals surface area contributed by atoms with Gasteiger partial charge in [-0.05, 0) is 48.9 Å². The molecular formula is C33H33ClFN3O5S. The lowest BCUT2D eigenvalue weighted by Crippen LogP contribution is -2.53. The van der Waals surface area contributed by atoms with Crippen molar-refractivity contribution in [3.8, 4) is 5.75 Å². The zero-order valence-corrected chi connectivity index (χ0v) is 26.1. The predicted molar refractivity (Wildman–Crippen MR) is 169 cm³/mol. The molecule has 2 amide bonds. The van der Waals surface area contributed by atoms with Gasteiger partial charge in [0.15, 0.2) is 0 Å². The number of nitrogens with one attached hydrogen (secondary N) is 1. The number of benzene rings is 4. The van der Waals surface area contributed by atoms with Crippen LogP contribution >= 0.6 is 11.6 Å². The molecule has 0 aliphatic heterocycles. The summed E-state index contributed by atoms with van der Waals surface area (Å²) >= 11 is 6.29. The summed E-state index contributed by atoms with van der Waals surface area (Å²) in [5.41, 5.74) is 1.79. The lowest BCUT2D eigenvalue weighted by atomic mass is 10.0. The summed E-state index contributed by atoms with van der Waals surface area (Å²) in [4.78, 5) is 28.8. The molecule has 230 valence electrons. The van der Waals surface area contributed by atoms with Crippen LogP contribution in [0, 0.1) is 12.7 Å². The standard InChI is InChI=1S/C33H33ClFN3O5S/c1-23-13-16-27(17-14-23)44(41,42)38(29-20-26(34)15-18-31(29)43-3)22-32(39)37(21-25-11-7-8-12-28(25)35)30(33(40)36-2)19-24-9-5-4-6-10-24/h4-18,20,30H,19,21-22H2,1-3H3,(H,36,40). The fourth-order valence-electron chi connectivity index (χ4n) is 4.74. The number of carbonyl (C=O) groups is 2. The lowest BCUT2D eigenvalue weighted by molar-refractivity contribution is -0.139. The van der Waals surface area contributed by atoms with E-state index in [-0.39, 0.29) is 39.9 Å². The van der Waals surface area contributed by atoms with E-state index in [1.165, 1.54) is 67.6 Å². The molecule has 0 aliphatic rings. The van der Waals surface area contributed by atoms with Crippen LogP contribution in [0.4, 0.5) is 10.1 Å². The maximum atomic E-state index is 14.9. The van der Waals surface area contributed by atoms with Gasteiger partial charge in [-0.1, -0.05) is 77.8 Å². The molecule has 11 heteroatoms. The summed E-state index contributed by atoms with van der Waals surface area (Å²) in [6.45, 7) is 0.801. The highest BCUT2D eigenvalue weighted by molar-refractivity contribution is 7.92. The van der Waals surface area contributed by atoms with E-state index in [4.69, 9.17) is 16.3 Å². The number of likely N-dealkylation sites (N-methyl/N-ethyl adjacent to an activating group) is 1. The molecule has 1 N–H and O–H groups in total. The molecule has 0 aromatic heterocycles. The second-order valence-corrected chi connectivity index (χ2v) is 12.4. The summed E-state index contributed by atoms with van der Waals surface area (Å²) < 4.78 is 49.6. The van der Waals surface area contributed by atoms with Crippen molar-refractivity contribution in [3.63, 3.8) is 0 Å². The molecule has 4 aromatic carbocycles. The number of sulfonamides is 1. The van der Waals surface area contributed by atoms with E-state index in [1.807, 2.05) is 25.1 Å². The van der Waals surface area contributed by atoms with E-state index >= 15 is 0 Å². The Morgan fingerprint density at radius 1 is 0.955 bits per heavy atom. The van der Waals surface area contributed by atoms with Gasteiger partial charge in [-0.15, -0.1) is 0 Å². The van der Waals surface area contributed by atoms with Crippen molar-refractivity contribution in [3.05, 3.63) is 125 Å². The van der Waals surface area contributed by atoms with Crippen molar-refractivity contribution in [2.24, 2.45) is 0 Å². The number of rotatable bonds is 12. The molecule has 0 aliphatic carbocycles. The summed E-state index contributed by atoms with van der Waals surface area (Å²) in [7, 11) is -1.55. The Bertz CT molecular complexity index is 1720. The van der Waals surface area contributed by atoms with Gasteiger partial charge in [-0.2, -0.15) is 0 Å². The highest BCUT2D eigenvalue weighted by Gasteiger charge is 2.35. The van der Waals surface area contributed by atoms with E-state index in [9.17, 15) is 22.4 Å². The van der Waals surface area contributed by atoms with Gasteiger partial charge in [0.05, 0.1) is 17.7 Å². The smallest absolute Gasteiger partial charge is 0.264 e. The maximum Gasteiger partial charge on any atom is 0.264 e. The minimum absolute atomic E-state index is 0.0271. The molecule has 8 nitrogen and oxygen atoms in total. The van der Waals surface area contributed by atoms with Gasteiger partial charge in [0.25, 0.3) is 10.0 Å². The summed E-state index contributed by atoms with van der Waals surface area (Å²) in [5.74, 6) is -1.64. The van der Waals surface area contributed by atoms with Crippen LogP contribution < -0.4 is 14.4 Å². The van der Waals surface area contributed by atoms with Crippen molar-refractivity contribution < 1.29 is 27.1 Å². The molecule has 44 heavy (non-hydrogen) atoms. The van der Waals surface area contributed by atoms with Crippen LogP contribution in [0.25, 0.3) is 0 Å². The largest absolute Gasteiger partial charge is 0.495 e. The van der Waals surface area contributed by atoms with Crippen LogP contribution in [0.5, 0.6) is 5.75 Å². The minimum Gasteiger partial charge on any atom is -0.495 e. The van der Waals surface area contributed by atoms with E-state index in [1.54, 1.807) is 30.3 Å². The van der Waals surface area contributed by atoms with E-state index in [0.717, 1.165) is 15.4 Å². The number of methoxy groups -OCH3 is 1. The molecule has 1 atom stereocenters. The summed E-state index contributed by atoms with van der Waals surface area (Å²) in [5, 5.41) is 2.81. The van der Waals surface area contributed by atoms with Crippen molar-refractivity contribution in [1.82, 2.24) is 10.2 Å². The first-order valence-electron chi connectivity index (χ1n) is 13.8. The van der Waals surface area contributed by atoms with Gasteiger partial charge < -0.3 is 15.0 Å². The van der Waals surface area contributed by atoms with E-state index in [2.05, 4.69) is 5.32 Å². The molecule has 0 saturated carbocycles. The molecule has 1 unspecified atom stereocenters. The Kier molecular flexibility index (Phi) is 10.6. The first-order chi connectivity index (χ1) is 21.0. The quantitative estimate of drug-likeness (QED) is 0.225. The number of amides is 2. The Hall–Kier alpha value is -4.41. The number of aryl methyl sites for hydroxylation is 1. The summed E-state index contributed by atoms with van der Waals surface area (Å²) in [6.07, 6.45) is 0.103. The second kappa shape index (κ2) is 14.4. The molecule has 0 spiro atoms. The second-order valence-electron chi connectivity index (χ2n) is 10.1. The molecule has 0 fully saturated rings. The Balaban J connectivity index is 1.85. The number of ether oxygens (including phenoxy) is 1. The highest BCUT2D eigenvalue weighted by Crippen LogP contribution is 2.35. The van der Waals surface area contributed by atoms with Crippen LogP contribution in [0.3, 0.4) is 0 Å². The van der Waals surface area contributed by atoms with Crippen molar-refractivity contribution >= 4 is 39.1 Å². The van der Waals surface area contributed by atoms with Crippen LogP contribution in [0.1, 0.15) is 16.7 Å². The molecule has 4 rings (SSSR count). The Morgan fingerprint density at radius 2 is 1.61 bits per heavy atom. The van der Waals surface area contributed by atoms with Crippen LogP contribution in [0.15, 0.2) is 102 Å². The number of halogens is 2. The topological polar surface area (TPSA) is 96.0 Å². The normalized spacial score (nSPS) is 11.8. The molecule has 0 bridgehead atoms. The van der Waals surface area contributed by atoms with Gasteiger partial charge >= 0.3 is 0 Å². The number of hydrogen-bond donors (Lipinski definition) is 1. The summed E-state index contributed by atoms with van der Waals surface area (Å²) in [6, 6.07) is 24.5. The molecular weight excluding hydrogens is 605 g/mol. The van der Waals surface area contributed by atoms with Gasteiger partial charge in [0.1, 0.15) is 24.2 Å². The third kappa shape index (κ3) is 7.56. The monoisotopic (exact) mass is 637 g/mol. The average molecular weight is 638 g/mol. The molecule has 0 saturated heterocycles. The van der Waals surface area contributed by atoms with Crippen LogP contribution in [-0.2, 0) is 32.6 Å². The van der Waals surface area contributed by atoms with Crippen LogP contribution in [0.2, 0.25) is 5.02 Å². The zero-order chi connectivity index (χ0) is 31.9. The molecule has 0 heterocycles. The number of nitrogens with zero attached hydrogens (tertiary/aromatic N) is 2. The van der Waals surface area contributed by atoms with Crippen molar-refractivity contribution in [2.75, 3.05) is 25.0 Å². The van der Waals surface area contributed by atoms with Gasteiger partial charge in [0.2, 0.25) is 11.8 Å². The number of carbonyl (C=O) groups excluding carboxylic acids is 2. The van der Waals surface area contributed by atoms with Gasteiger partial charge in [-0.25, -0.2) is 12.8 Å². The highest BCUT2D eigenvalue weighted by atomic mass is 35.5. The van der Waals surface area contributed by atoms with Crippen molar-refractivity contribution in [2.45, 2.75) is 30.8 Å². The molecule has 4 aromatic rings. The number of anilines is 1. The van der Waals surface area contributed by atoms with Crippen molar-refractivity contribution in [1.29, 1.82) is 0 Å². The van der Waals surface area contributed by atoms with E-state index in [0.29, 0.717) is 0 Å². The fraction of sp³-hybridized carbons (Fsp3) is 0.212. The Labute approximate surface area is 262 Å². The van der Waals surface area contributed by atoms with Gasteiger partial charge in [0, 0.05) is 30.6 Å². The third-order valence-corrected chi connectivity index (χ3v) is 9.12. The lowest BCUT2D eigenvalue weighted by Gasteiger charge is -2.34. The van der Waals surface area contributed by atoms with Gasteiger partial charge in [-0.3, -0.25) is 13.9 Å². The first-order valence-corrected chi connectivity index (χ1v) is 15.6. The average Bonchev–Trinajstić information content (AvgIpc) is 3.02. The fourth-order valence-corrected chi connectivity index (χ4v) is 6.32. The SMILES string of the molecule is CNC(=O)C(Cc1ccccc1)N(Cc1ccccc1F)C(=O)CN(c1cc(Cl)ccc1OC)S(=O)(=O)c1ccc(C)cc1. The number of hydrogen-bond acceptors (Lipinski definition) is 5. The third-order valence-electron chi connectivity index (χ3n) is 7.11.